The summed E-state index contributed by atoms with van der Waals surface area (Å²) >= 11 is 3.17. The minimum atomic E-state index is -0.00745. The molecule has 0 saturated carbocycles. The predicted molar refractivity (Wildman–Crippen MR) is 133 cm³/mol. The highest BCUT2D eigenvalue weighted by Gasteiger charge is 2.20. The van der Waals surface area contributed by atoms with Gasteiger partial charge in [-0.1, -0.05) is 23.9 Å². The van der Waals surface area contributed by atoms with Gasteiger partial charge in [-0.05, 0) is 56.2 Å². The topological polar surface area (TPSA) is 66.2 Å². The minimum absolute atomic E-state index is 0.00745. The minimum Gasteiger partial charge on any atom is -0.494 e. The highest BCUT2D eigenvalue weighted by molar-refractivity contribution is 7.98. The van der Waals surface area contributed by atoms with Gasteiger partial charge in [0.25, 0.3) is 5.56 Å². The molecule has 0 N–H and O–H groups in total. The molecular weight excluding hydrogens is 454 g/mol. The van der Waals surface area contributed by atoms with Crippen LogP contribution >= 0.6 is 23.1 Å². The molecule has 0 aliphatic carbocycles. The molecule has 2 aromatic heterocycles. The first-order valence-electron chi connectivity index (χ1n) is 11.1. The fourth-order valence-corrected chi connectivity index (χ4v) is 5.75. The average molecular weight is 480 g/mol. The number of rotatable bonds is 8. The van der Waals surface area contributed by atoms with Crippen molar-refractivity contribution in [3.63, 3.8) is 0 Å². The van der Waals surface area contributed by atoms with Crippen molar-refractivity contribution in [1.29, 1.82) is 0 Å². The summed E-state index contributed by atoms with van der Waals surface area (Å²) in [5, 5.41) is 4.40. The first-order valence-corrected chi connectivity index (χ1v) is 13.0. The first-order chi connectivity index (χ1) is 16.2. The van der Waals surface area contributed by atoms with Gasteiger partial charge in [-0.25, -0.2) is 9.97 Å². The summed E-state index contributed by atoms with van der Waals surface area (Å²) in [6, 6.07) is 15.5. The molecule has 8 heteroatoms. The predicted octanol–water partition coefficient (Wildman–Crippen LogP) is 5.39. The molecule has 33 heavy (non-hydrogen) atoms. The van der Waals surface area contributed by atoms with Crippen LogP contribution in [0.3, 0.4) is 0 Å². The molecule has 5 rings (SSSR count). The van der Waals surface area contributed by atoms with E-state index in [0.717, 1.165) is 47.0 Å². The van der Waals surface area contributed by atoms with Crippen molar-refractivity contribution in [2.24, 2.45) is 0 Å². The van der Waals surface area contributed by atoms with Crippen molar-refractivity contribution in [3.05, 3.63) is 70.0 Å². The quantitative estimate of drug-likeness (QED) is 0.249. The van der Waals surface area contributed by atoms with E-state index in [-0.39, 0.29) is 11.7 Å². The number of thiazole rings is 1. The number of nitrogens with zero attached hydrogens (tertiary/aromatic N) is 3. The smallest absolute Gasteiger partial charge is 0.262 e. The number of hydrogen-bond donors (Lipinski definition) is 0. The lowest BCUT2D eigenvalue weighted by molar-refractivity contribution is 0.0937. The van der Waals surface area contributed by atoms with Crippen LogP contribution in [0, 0.1) is 0 Å². The van der Waals surface area contributed by atoms with Crippen LogP contribution in [0.5, 0.6) is 5.75 Å². The molecule has 6 nitrogen and oxygen atoms in total. The van der Waals surface area contributed by atoms with Gasteiger partial charge in [0, 0.05) is 23.3 Å². The fourth-order valence-electron chi connectivity index (χ4n) is 3.92. The van der Waals surface area contributed by atoms with Crippen molar-refractivity contribution >= 4 is 34.0 Å². The van der Waals surface area contributed by atoms with Gasteiger partial charge in [-0.15, -0.1) is 11.3 Å². The molecule has 0 unspecified atom stereocenters. The van der Waals surface area contributed by atoms with Crippen LogP contribution in [0.1, 0.15) is 25.5 Å². The molecule has 0 amide bonds. The molecule has 0 spiro atoms. The lowest BCUT2D eigenvalue weighted by Gasteiger charge is -2.16. The molecule has 1 fully saturated rings. The Bertz CT molecular complexity index is 1290. The number of para-hydroxylation sites is 1. The van der Waals surface area contributed by atoms with Gasteiger partial charge in [0.1, 0.15) is 10.8 Å². The molecule has 1 aliphatic rings. The van der Waals surface area contributed by atoms with Crippen LogP contribution in [0.4, 0.5) is 0 Å². The van der Waals surface area contributed by atoms with Crippen molar-refractivity contribution in [3.8, 4) is 16.3 Å². The van der Waals surface area contributed by atoms with E-state index in [4.69, 9.17) is 19.4 Å². The normalized spacial score (nSPS) is 15.8. The number of thioether (sulfide) groups is 1. The molecule has 1 atom stereocenters. The highest BCUT2D eigenvalue weighted by Crippen LogP contribution is 2.29. The van der Waals surface area contributed by atoms with Crippen molar-refractivity contribution in [2.45, 2.75) is 43.3 Å². The summed E-state index contributed by atoms with van der Waals surface area (Å²) < 4.78 is 13.1. The Morgan fingerprint density at radius 3 is 2.82 bits per heavy atom. The summed E-state index contributed by atoms with van der Waals surface area (Å²) in [5.41, 5.74) is 2.76. The Morgan fingerprint density at radius 2 is 2.03 bits per heavy atom. The summed E-state index contributed by atoms with van der Waals surface area (Å²) in [6.07, 6.45) is 2.08. The van der Waals surface area contributed by atoms with Gasteiger partial charge >= 0.3 is 0 Å². The number of fused-ring (bicyclic) bond motifs is 1. The third kappa shape index (κ3) is 4.98. The van der Waals surface area contributed by atoms with Crippen LogP contribution in [0.2, 0.25) is 0 Å². The lowest BCUT2D eigenvalue weighted by atomic mass is 10.2. The molecule has 2 aromatic carbocycles. The van der Waals surface area contributed by atoms with Gasteiger partial charge in [0.2, 0.25) is 0 Å². The van der Waals surface area contributed by atoms with E-state index in [0.29, 0.717) is 29.4 Å². The molecule has 0 radical (unpaired) electrons. The SMILES string of the molecule is CCOc1ccc(-c2nc(CSc3nc4ccccc4c(=O)n3C[C@H]3CCCO3)cs2)cc1. The third-order valence-electron chi connectivity index (χ3n) is 5.55. The van der Waals surface area contributed by atoms with E-state index >= 15 is 0 Å². The summed E-state index contributed by atoms with van der Waals surface area (Å²) in [6.45, 7) is 3.92. The number of aromatic nitrogens is 3. The molecule has 4 aromatic rings. The Balaban J connectivity index is 1.37. The first kappa shape index (κ1) is 22.1. The maximum Gasteiger partial charge on any atom is 0.262 e. The zero-order chi connectivity index (χ0) is 22.6. The van der Waals surface area contributed by atoms with Crippen LogP contribution in [-0.2, 0) is 17.0 Å². The van der Waals surface area contributed by atoms with Gasteiger partial charge in [-0.2, -0.15) is 0 Å². The Morgan fingerprint density at radius 1 is 1.18 bits per heavy atom. The lowest BCUT2D eigenvalue weighted by Crippen LogP contribution is -2.28. The number of benzene rings is 2. The zero-order valence-electron chi connectivity index (χ0n) is 18.4. The van der Waals surface area contributed by atoms with Gasteiger partial charge in [0.05, 0.1) is 35.9 Å². The Labute approximate surface area is 200 Å². The molecule has 1 aliphatic heterocycles. The van der Waals surface area contributed by atoms with Crippen molar-refractivity contribution < 1.29 is 9.47 Å². The van der Waals surface area contributed by atoms with Crippen LogP contribution < -0.4 is 10.3 Å². The second-order valence-electron chi connectivity index (χ2n) is 7.85. The van der Waals surface area contributed by atoms with Gasteiger partial charge < -0.3 is 9.47 Å². The van der Waals surface area contributed by atoms with Gasteiger partial charge in [0.15, 0.2) is 5.16 Å². The average Bonchev–Trinajstić information content (AvgIpc) is 3.53. The monoisotopic (exact) mass is 479 g/mol. The molecule has 3 heterocycles. The Kier molecular flexibility index (Phi) is 6.75. The summed E-state index contributed by atoms with van der Waals surface area (Å²) in [4.78, 5) is 22.9. The maximum atomic E-state index is 13.2. The zero-order valence-corrected chi connectivity index (χ0v) is 20.0. The van der Waals surface area contributed by atoms with E-state index in [1.807, 2.05) is 55.5 Å². The molecular formula is C25H25N3O3S2. The van der Waals surface area contributed by atoms with E-state index in [1.165, 1.54) is 0 Å². The summed E-state index contributed by atoms with van der Waals surface area (Å²) in [5.74, 6) is 1.50. The second kappa shape index (κ2) is 10.1. The van der Waals surface area contributed by atoms with Crippen molar-refractivity contribution in [1.82, 2.24) is 14.5 Å². The van der Waals surface area contributed by atoms with Crippen LogP contribution in [0.25, 0.3) is 21.5 Å². The Hall–Kier alpha value is -2.68. The van der Waals surface area contributed by atoms with E-state index in [2.05, 4.69) is 5.38 Å². The van der Waals surface area contributed by atoms with Crippen LogP contribution in [0.15, 0.2) is 63.9 Å². The third-order valence-corrected chi connectivity index (χ3v) is 7.50. The largest absolute Gasteiger partial charge is 0.494 e. The van der Waals surface area contributed by atoms with E-state index in [9.17, 15) is 4.79 Å². The fraction of sp³-hybridized carbons (Fsp3) is 0.320. The van der Waals surface area contributed by atoms with Crippen LogP contribution in [-0.4, -0.2) is 33.9 Å². The van der Waals surface area contributed by atoms with E-state index in [1.54, 1.807) is 27.7 Å². The highest BCUT2D eigenvalue weighted by atomic mass is 32.2. The van der Waals surface area contributed by atoms with Crippen molar-refractivity contribution in [2.75, 3.05) is 13.2 Å². The maximum absolute atomic E-state index is 13.2. The standard InChI is InChI=1S/C25H25N3O3S2/c1-2-30-19-11-9-17(10-12-19)23-26-18(15-32-23)16-33-25-27-22-8-4-3-7-21(22)24(29)28(25)14-20-6-5-13-31-20/h3-4,7-12,15,20H,2,5-6,13-14,16H2,1H3/t20-/m1/s1. The van der Waals surface area contributed by atoms with Gasteiger partial charge in [-0.3, -0.25) is 9.36 Å². The molecule has 170 valence electrons. The molecule has 0 bridgehead atoms. The van der Waals surface area contributed by atoms with E-state index < -0.39 is 0 Å². The molecule has 1 saturated heterocycles. The summed E-state index contributed by atoms with van der Waals surface area (Å²) in [7, 11) is 0. The number of hydrogen-bond acceptors (Lipinski definition) is 7. The number of ether oxygens (including phenoxy) is 2. The second-order valence-corrected chi connectivity index (χ2v) is 9.65.